The van der Waals surface area contributed by atoms with Gasteiger partial charge in [-0.1, -0.05) is 48.5 Å². The maximum atomic E-state index is 13.5. The normalized spacial score (nSPS) is 12.4. The van der Waals surface area contributed by atoms with Crippen molar-refractivity contribution in [1.82, 2.24) is 26.3 Å². The van der Waals surface area contributed by atoms with Crippen LogP contribution < -0.4 is 27.0 Å². The summed E-state index contributed by atoms with van der Waals surface area (Å²) < 4.78 is 5.35. The summed E-state index contributed by atoms with van der Waals surface area (Å²) in [6.07, 6.45) is 3.00. The number of hydrogen-bond donors (Lipinski definition) is 6. The van der Waals surface area contributed by atoms with Crippen molar-refractivity contribution in [3.05, 3.63) is 71.9 Å². The summed E-state index contributed by atoms with van der Waals surface area (Å²) in [4.78, 5) is 42.5. The summed E-state index contributed by atoms with van der Waals surface area (Å²) in [6.45, 7) is 4.33. The molecule has 0 radical (unpaired) electrons. The molecule has 1 heterocycles. The Hall–Kier alpha value is -4.12. The molecule has 0 bridgehead atoms. The fraction of sp³-hybridized carbons (Fsp3) is 0.379. The molecule has 3 amide bonds. The zero-order valence-electron chi connectivity index (χ0n) is 22.9. The molecule has 0 aliphatic carbocycles. The van der Waals surface area contributed by atoms with E-state index in [-0.39, 0.29) is 30.1 Å². The van der Waals surface area contributed by atoms with E-state index in [4.69, 9.17) is 22.7 Å². The predicted molar refractivity (Wildman–Crippen MR) is 159 cm³/mol. The lowest BCUT2D eigenvalue weighted by molar-refractivity contribution is -0.130. The van der Waals surface area contributed by atoms with E-state index in [0.29, 0.717) is 25.8 Å². The second kappa shape index (κ2) is 15.5. The predicted octanol–water partition coefficient (Wildman–Crippen LogP) is 3.02. The fourth-order valence-corrected chi connectivity index (χ4v) is 4.35. The van der Waals surface area contributed by atoms with Crippen molar-refractivity contribution in [2.75, 3.05) is 6.54 Å². The van der Waals surface area contributed by atoms with Crippen LogP contribution in [0.15, 0.2) is 60.8 Å². The Labute approximate surface area is 239 Å². The van der Waals surface area contributed by atoms with Crippen molar-refractivity contribution in [1.29, 1.82) is 0 Å². The molecule has 0 saturated heterocycles. The second-order valence-corrected chi connectivity index (χ2v) is 10.3. The van der Waals surface area contributed by atoms with Crippen LogP contribution in [-0.2, 0) is 27.4 Å². The van der Waals surface area contributed by atoms with Gasteiger partial charge in [-0.15, -0.1) is 0 Å². The molecule has 0 aliphatic heterocycles. The quantitative estimate of drug-likeness (QED) is 0.130. The van der Waals surface area contributed by atoms with Crippen LogP contribution in [-0.4, -0.2) is 52.7 Å². The number of aromatic nitrogens is 1. The highest BCUT2D eigenvalue weighted by Gasteiger charge is 2.28. The van der Waals surface area contributed by atoms with E-state index in [0.717, 1.165) is 22.0 Å². The molecular formula is C29H38N6O4S. The van der Waals surface area contributed by atoms with Crippen molar-refractivity contribution in [2.45, 2.75) is 64.3 Å². The van der Waals surface area contributed by atoms with Gasteiger partial charge < -0.3 is 36.7 Å². The third kappa shape index (κ3) is 9.88. The smallest absolute Gasteiger partial charge is 0.408 e. The zero-order chi connectivity index (χ0) is 28.9. The number of carbonyl (C=O) groups excluding carboxylic acids is 3. The molecule has 0 spiro atoms. The highest BCUT2D eigenvalue weighted by atomic mass is 32.1. The SMILES string of the molecule is CC(C)NC(=O)[C@H](Cc1c[nH]c2ccccc12)NC(=O)[C@H](CCCCNC(N)=S)NC(=O)OCc1ccccc1. The Morgan fingerprint density at radius 2 is 1.62 bits per heavy atom. The van der Waals surface area contributed by atoms with Gasteiger partial charge in [0.15, 0.2) is 5.11 Å². The van der Waals surface area contributed by atoms with Crippen molar-refractivity contribution in [3.8, 4) is 0 Å². The van der Waals surface area contributed by atoms with Crippen molar-refractivity contribution in [2.24, 2.45) is 5.73 Å². The van der Waals surface area contributed by atoms with E-state index in [2.05, 4.69) is 26.3 Å². The Kier molecular flexibility index (Phi) is 11.8. The lowest BCUT2D eigenvalue weighted by atomic mass is 10.0. The van der Waals surface area contributed by atoms with Crippen LogP contribution in [0.1, 0.15) is 44.2 Å². The molecule has 0 saturated carbocycles. The number of hydrogen-bond acceptors (Lipinski definition) is 5. The number of thiocarbonyl (C=S) groups is 1. The summed E-state index contributed by atoms with van der Waals surface area (Å²) in [7, 11) is 0. The maximum Gasteiger partial charge on any atom is 0.408 e. The molecule has 11 heteroatoms. The molecule has 1 aromatic heterocycles. The van der Waals surface area contributed by atoms with Gasteiger partial charge in [0.05, 0.1) is 0 Å². The number of rotatable bonds is 14. The minimum atomic E-state index is -0.912. The largest absolute Gasteiger partial charge is 0.445 e. The molecule has 2 aromatic carbocycles. The summed E-state index contributed by atoms with van der Waals surface area (Å²) in [5.41, 5.74) is 8.15. The maximum absolute atomic E-state index is 13.5. The van der Waals surface area contributed by atoms with Gasteiger partial charge in [-0.2, -0.15) is 0 Å². The molecular weight excluding hydrogens is 528 g/mol. The van der Waals surface area contributed by atoms with E-state index in [1.807, 2.05) is 74.6 Å². The van der Waals surface area contributed by atoms with Crippen LogP contribution in [0.3, 0.4) is 0 Å². The van der Waals surface area contributed by atoms with Gasteiger partial charge in [0.25, 0.3) is 0 Å². The second-order valence-electron chi connectivity index (χ2n) is 9.83. The molecule has 7 N–H and O–H groups in total. The van der Waals surface area contributed by atoms with Gasteiger partial charge in [0.1, 0.15) is 18.7 Å². The van der Waals surface area contributed by atoms with E-state index >= 15 is 0 Å². The molecule has 10 nitrogen and oxygen atoms in total. The minimum Gasteiger partial charge on any atom is -0.445 e. The Balaban J connectivity index is 1.71. The van der Waals surface area contributed by atoms with Crippen molar-refractivity contribution in [3.63, 3.8) is 0 Å². The van der Waals surface area contributed by atoms with Gasteiger partial charge in [-0.25, -0.2) is 4.79 Å². The average molecular weight is 567 g/mol. The summed E-state index contributed by atoms with van der Waals surface area (Å²) >= 11 is 4.83. The number of H-pyrrole nitrogens is 1. The van der Waals surface area contributed by atoms with E-state index in [1.54, 1.807) is 0 Å². The Morgan fingerprint density at radius 1 is 0.925 bits per heavy atom. The standard InChI is InChI=1S/C29H38N6O4S/c1-19(2)33-27(37)25(16-21-17-32-23-13-7-6-12-22(21)23)34-26(36)24(14-8-9-15-31-28(30)40)35-29(38)39-18-20-10-4-3-5-11-20/h3-7,10-13,17,19,24-25,32H,8-9,14-16,18H2,1-2H3,(H,33,37)(H,34,36)(H,35,38)(H3,30,31,40)/t24-,25-/m0/s1. The van der Waals surface area contributed by atoms with E-state index in [1.165, 1.54) is 0 Å². The highest BCUT2D eigenvalue weighted by molar-refractivity contribution is 7.80. The topological polar surface area (TPSA) is 150 Å². The summed E-state index contributed by atoms with van der Waals surface area (Å²) in [6, 6.07) is 15.2. The number of fused-ring (bicyclic) bond motifs is 1. The number of aromatic amines is 1. The van der Waals surface area contributed by atoms with Crippen LogP contribution in [0.4, 0.5) is 4.79 Å². The number of ether oxygens (including phenoxy) is 1. The van der Waals surface area contributed by atoms with Crippen LogP contribution in [0.5, 0.6) is 0 Å². The minimum absolute atomic E-state index is 0.0683. The molecule has 0 fully saturated rings. The van der Waals surface area contributed by atoms with Crippen LogP contribution in [0, 0.1) is 0 Å². The monoisotopic (exact) mass is 566 g/mol. The first-order valence-electron chi connectivity index (χ1n) is 13.4. The number of para-hydroxylation sites is 1. The van der Waals surface area contributed by atoms with E-state index in [9.17, 15) is 14.4 Å². The first-order chi connectivity index (χ1) is 19.2. The summed E-state index contributed by atoms with van der Waals surface area (Å²) in [5, 5.41) is 12.5. The first kappa shape index (κ1) is 30.4. The average Bonchev–Trinajstić information content (AvgIpc) is 3.33. The number of benzene rings is 2. The van der Waals surface area contributed by atoms with Crippen molar-refractivity contribution < 1.29 is 19.1 Å². The lowest BCUT2D eigenvalue weighted by Gasteiger charge is -2.24. The van der Waals surface area contributed by atoms with Crippen LogP contribution in [0.25, 0.3) is 10.9 Å². The van der Waals surface area contributed by atoms with Crippen LogP contribution in [0.2, 0.25) is 0 Å². The lowest BCUT2D eigenvalue weighted by Crippen LogP contribution is -2.55. The molecule has 0 aliphatic rings. The third-order valence-electron chi connectivity index (χ3n) is 6.20. The van der Waals surface area contributed by atoms with Gasteiger partial charge in [0.2, 0.25) is 11.8 Å². The van der Waals surface area contributed by atoms with Gasteiger partial charge >= 0.3 is 6.09 Å². The van der Waals surface area contributed by atoms with E-state index < -0.39 is 24.1 Å². The summed E-state index contributed by atoms with van der Waals surface area (Å²) in [5.74, 6) is -0.776. The molecule has 2 atom stereocenters. The van der Waals surface area contributed by atoms with Gasteiger partial charge in [-0.05, 0) is 62.5 Å². The number of nitrogens with one attached hydrogen (secondary N) is 5. The molecule has 3 rings (SSSR count). The number of unbranched alkanes of at least 4 members (excludes halogenated alkanes) is 1. The Bertz CT molecular complexity index is 1280. The fourth-order valence-electron chi connectivity index (χ4n) is 4.25. The van der Waals surface area contributed by atoms with Gasteiger partial charge in [0, 0.05) is 36.1 Å². The molecule has 214 valence electrons. The Morgan fingerprint density at radius 3 is 2.35 bits per heavy atom. The highest BCUT2D eigenvalue weighted by Crippen LogP contribution is 2.19. The first-order valence-corrected chi connectivity index (χ1v) is 13.8. The zero-order valence-corrected chi connectivity index (χ0v) is 23.7. The molecule has 3 aromatic rings. The number of amides is 3. The van der Waals surface area contributed by atoms with Gasteiger partial charge in [-0.3, -0.25) is 9.59 Å². The number of nitrogens with two attached hydrogens (primary N) is 1. The molecule has 0 unspecified atom stereocenters. The van der Waals surface area contributed by atoms with Crippen LogP contribution >= 0.6 is 12.2 Å². The molecule has 40 heavy (non-hydrogen) atoms. The number of carbonyl (C=O) groups is 3. The van der Waals surface area contributed by atoms with Crippen molar-refractivity contribution >= 4 is 46.1 Å². The number of alkyl carbamates (subject to hydrolysis) is 1. The third-order valence-corrected chi connectivity index (χ3v) is 6.35.